The summed E-state index contributed by atoms with van der Waals surface area (Å²) in [4.78, 5) is 29.9. The first-order valence-electron chi connectivity index (χ1n) is 14.8. The maximum atomic E-state index is 14.4. The van der Waals surface area contributed by atoms with Gasteiger partial charge in [-0.2, -0.15) is 0 Å². The Bertz CT molecular complexity index is 1470. The summed E-state index contributed by atoms with van der Waals surface area (Å²) in [5.74, 6) is -0.586. The number of nitrogens with one attached hydrogen (secondary N) is 1. The summed E-state index contributed by atoms with van der Waals surface area (Å²) >= 11 is 0. The first-order chi connectivity index (χ1) is 20.0. The van der Waals surface area contributed by atoms with Crippen molar-refractivity contribution >= 4 is 27.5 Å². The Morgan fingerprint density at radius 2 is 1.52 bits per heavy atom. The smallest absolute Gasteiger partial charge is 0.244 e. The zero-order valence-electron chi connectivity index (χ0n) is 25.1. The van der Waals surface area contributed by atoms with Crippen molar-refractivity contribution in [3.05, 3.63) is 101 Å². The normalized spacial score (nSPS) is 14.5. The predicted molar refractivity (Wildman–Crippen MR) is 169 cm³/mol. The van der Waals surface area contributed by atoms with E-state index in [9.17, 15) is 18.0 Å². The van der Waals surface area contributed by atoms with Crippen LogP contribution in [0.4, 0.5) is 5.69 Å². The number of rotatable bonds is 12. The van der Waals surface area contributed by atoms with Crippen molar-refractivity contribution in [3.63, 3.8) is 0 Å². The molecule has 42 heavy (non-hydrogen) atoms. The molecule has 0 heterocycles. The van der Waals surface area contributed by atoms with Crippen LogP contribution < -0.4 is 9.62 Å². The van der Waals surface area contributed by atoms with Crippen LogP contribution in [-0.2, 0) is 32.6 Å². The number of carbonyl (C=O) groups excluding carboxylic acids is 2. The fourth-order valence-corrected chi connectivity index (χ4v) is 6.56. The number of anilines is 1. The Hall–Kier alpha value is -3.65. The molecule has 1 aliphatic rings. The molecule has 224 valence electrons. The van der Waals surface area contributed by atoms with E-state index in [0.717, 1.165) is 54.2 Å². The third-order valence-corrected chi connectivity index (χ3v) is 9.21. The van der Waals surface area contributed by atoms with Crippen molar-refractivity contribution in [2.75, 3.05) is 17.1 Å². The monoisotopic (exact) mass is 589 g/mol. The van der Waals surface area contributed by atoms with Crippen LogP contribution in [-0.4, -0.2) is 50.0 Å². The van der Waals surface area contributed by atoms with E-state index in [0.29, 0.717) is 12.1 Å². The lowest BCUT2D eigenvalue weighted by atomic mass is 10.0. The van der Waals surface area contributed by atoms with Gasteiger partial charge < -0.3 is 10.2 Å². The van der Waals surface area contributed by atoms with Crippen LogP contribution in [0, 0.1) is 6.92 Å². The van der Waals surface area contributed by atoms with E-state index in [2.05, 4.69) is 5.32 Å². The Morgan fingerprint density at radius 1 is 0.905 bits per heavy atom. The first kappa shape index (κ1) is 31.3. The fourth-order valence-electron chi connectivity index (χ4n) is 5.69. The summed E-state index contributed by atoms with van der Waals surface area (Å²) < 4.78 is 27.5. The highest BCUT2D eigenvalue weighted by Gasteiger charge is 2.35. The highest BCUT2D eigenvalue weighted by molar-refractivity contribution is 7.92. The van der Waals surface area contributed by atoms with E-state index < -0.39 is 28.5 Å². The van der Waals surface area contributed by atoms with Gasteiger partial charge in [0.2, 0.25) is 21.8 Å². The SMILES string of the molecule is Cc1ccccc1CN(C(=O)CN(c1ccccc1C(C)C)S(C)(=O)=O)[C@H](Cc1ccccc1)C(=O)NC1CCCC1. The van der Waals surface area contributed by atoms with E-state index in [1.165, 1.54) is 4.31 Å². The van der Waals surface area contributed by atoms with Crippen molar-refractivity contribution in [2.45, 2.75) is 77.4 Å². The molecule has 8 heteroatoms. The Labute approximate surface area is 251 Å². The average molecular weight is 590 g/mol. The minimum atomic E-state index is -3.82. The average Bonchev–Trinajstić information content (AvgIpc) is 3.47. The predicted octanol–water partition coefficient (Wildman–Crippen LogP) is 5.58. The molecular formula is C34H43N3O4S. The number of aryl methyl sites for hydroxylation is 1. The molecule has 7 nitrogen and oxygen atoms in total. The molecule has 0 radical (unpaired) electrons. The van der Waals surface area contributed by atoms with Crippen LogP contribution in [0.1, 0.15) is 67.7 Å². The second-order valence-corrected chi connectivity index (χ2v) is 13.5. The third-order valence-electron chi connectivity index (χ3n) is 8.08. The van der Waals surface area contributed by atoms with E-state index in [4.69, 9.17) is 0 Å². The fraction of sp³-hybridized carbons (Fsp3) is 0.412. The summed E-state index contributed by atoms with van der Waals surface area (Å²) in [6.45, 7) is 5.75. The standard InChI is InChI=1S/C34H43N3O4S/c1-25(2)30-20-12-13-21-31(30)37(42(4,40)41)24-33(38)36(23-28-17-9-8-14-26(28)3)32(22-27-15-6-5-7-16-27)34(39)35-29-18-10-11-19-29/h5-9,12-17,20-21,25,29,32H,10-11,18-19,22-24H2,1-4H3,(H,35,39)/t32-/m1/s1. The molecule has 3 aromatic rings. The maximum Gasteiger partial charge on any atom is 0.244 e. The van der Waals surface area contributed by atoms with Gasteiger partial charge in [-0.15, -0.1) is 0 Å². The van der Waals surface area contributed by atoms with Crippen molar-refractivity contribution in [3.8, 4) is 0 Å². The molecular weight excluding hydrogens is 546 g/mol. The number of hydrogen-bond acceptors (Lipinski definition) is 4. The maximum absolute atomic E-state index is 14.4. The number of benzene rings is 3. The van der Waals surface area contributed by atoms with Crippen LogP contribution >= 0.6 is 0 Å². The summed E-state index contributed by atoms with van der Waals surface area (Å²) in [7, 11) is -3.82. The first-order valence-corrected chi connectivity index (χ1v) is 16.6. The Kier molecular flexibility index (Phi) is 10.4. The van der Waals surface area contributed by atoms with E-state index in [1.807, 2.05) is 87.5 Å². The summed E-state index contributed by atoms with van der Waals surface area (Å²) in [6.07, 6.45) is 5.42. The Balaban J connectivity index is 1.76. The van der Waals surface area contributed by atoms with Crippen molar-refractivity contribution in [2.24, 2.45) is 0 Å². The lowest BCUT2D eigenvalue weighted by Gasteiger charge is -2.35. The van der Waals surface area contributed by atoms with Crippen molar-refractivity contribution < 1.29 is 18.0 Å². The van der Waals surface area contributed by atoms with Gasteiger partial charge in [-0.05, 0) is 54.0 Å². The van der Waals surface area contributed by atoms with Crippen molar-refractivity contribution in [1.29, 1.82) is 0 Å². The minimum absolute atomic E-state index is 0.0478. The molecule has 0 spiro atoms. The number of nitrogens with zero attached hydrogens (tertiary/aromatic N) is 2. The number of amides is 2. The molecule has 0 unspecified atom stereocenters. The van der Waals surface area contributed by atoms with Gasteiger partial charge in [-0.3, -0.25) is 13.9 Å². The topological polar surface area (TPSA) is 86.8 Å². The van der Waals surface area contributed by atoms with Crippen LogP contribution in [0.15, 0.2) is 78.9 Å². The van der Waals surface area contributed by atoms with E-state index in [-0.39, 0.29) is 24.4 Å². The molecule has 1 N–H and O–H groups in total. The largest absolute Gasteiger partial charge is 0.352 e. The second kappa shape index (κ2) is 14.0. The summed E-state index contributed by atoms with van der Waals surface area (Å²) in [6, 6.07) is 24.0. The van der Waals surface area contributed by atoms with Gasteiger partial charge in [0.1, 0.15) is 12.6 Å². The lowest BCUT2D eigenvalue weighted by molar-refractivity contribution is -0.140. The number of para-hydroxylation sites is 1. The van der Waals surface area contributed by atoms with Gasteiger partial charge in [-0.1, -0.05) is 99.5 Å². The Morgan fingerprint density at radius 3 is 2.17 bits per heavy atom. The van der Waals surface area contributed by atoms with Crippen molar-refractivity contribution in [1.82, 2.24) is 10.2 Å². The number of sulfonamides is 1. The molecule has 2 amide bonds. The molecule has 0 aromatic heterocycles. The highest BCUT2D eigenvalue weighted by Crippen LogP contribution is 2.29. The number of carbonyl (C=O) groups is 2. The van der Waals surface area contributed by atoms with Gasteiger partial charge in [0, 0.05) is 19.0 Å². The molecule has 1 aliphatic carbocycles. The van der Waals surface area contributed by atoms with Crippen LogP contribution in [0.5, 0.6) is 0 Å². The van der Waals surface area contributed by atoms with Crippen LogP contribution in [0.25, 0.3) is 0 Å². The molecule has 1 fully saturated rings. The zero-order chi connectivity index (χ0) is 30.3. The minimum Gasteiger partial charge on any atom is -0.352 e. The van der Waals surface area contributed by atoms with Gasteiger partial charge in [-0.25, -0.2) is 8.42 Å². The molecule has 0 bridgehead atoms. The molecule has 1 atom stereocenters. The molecule has 4 rings (SSSR count). The third kappa shape index (κ3) is 8.00. The highest BCUT2D eigenvalue weighted by atomic mass is 32.2. The summed E-state index contributed by atoms with van der Waals surface area (Å²) in [5, 5.41) is 3.21. The second-order valence-electron chi connectivity index (χ2n) is 11.6. The van der Waals surface area contributed by atoms with Gasteiger partial charge in [0.15, 0.2) is 0 Å². The number of hydrogen-bond donors (Lipinski definition) is 1. The zero-order valence-corrected chi connectivity index (χ0v) is 25.9. The van der Waals surface area contributed by atoms with Gasteiger partial charge >= 0.3 is 0 Å². The quantitative estimate of drug-likeness (QED) is 0.299. The van der Waals surface area contributed by atoms with E-state index >= 15 is 0 Å². The molecule has 3 aromatic carbocycles. The van der Waals surface area contributed by atoms with E-state index in [1.54, 1.807) is 17.0 Å². The van der Waals surface area contributed by atoms with Crippen LogP contribution in [0.2, 0.25) is 0 Å². The molecule has 1 saturated carbocycles. The molecule has 0 saturated heterocycles. The molecule has 0 aliphatic heterocycles. The lowest BCUT2D eigenvalue weighted by Crippen LogP contribution is -2.54. The summed E-state index contributed by atoms with van der Waals surface area (Å²) in [5.41, 5.74) is 4.15. The van der Waals surface area contributed by atoms with Gasteiger partial charge in [0.05, 0.1) is 11.9 Å². The van der Waals surface area contributed by atoms with Crippen LogP contribution in [0.3, 0.4) is 0 Å². The van der Waals surface area contributed by atoms with Gasteiger partial charge in [0.25, 0.3) is 0 Å².